The highest BCUT2D eigenvalue weighted by molar-refractivity contribution is 6.23. The molecule has 6 amide bonds. The van der Waals surface area contributed by atoms with Gasteiger partial charge in [0.25, 0.3) is 23.3 Å². The Labute approximate surface area is 361 Å². The van der Waals surface area contributed by atoms with Gasteiger partial charge in [-0.25, -0.2) is 9.49 Å². The quantitative estimate of drug-likeness (QED) is 0.235. The summed E-state index contributed by atoms with van der Waals surface area (Å²) in [6.07, 6.45) is 2.11. The fourth-order valence-corrected chi connectivity index (χ4v) is 10.3. The van der Waals surface area contributed by atoms with Gasteiger partial charge in [0.15, 0.2) is 0 Å². The number of carbonyl (C=O) groups is 6. The van der Waals surface area contributed by atoms with Gasteiger partial charge in [0.1, 0.15) is 11.9 Å². The molecule has 5 fully saturated rings. The lowest BCUT2D eigenvalue weighted by Gasteiger charge is -2.51. The number of nitrogens with zero attached hydrogens (tertiary/aromatic N) is 7. The molecule has 3 aromatic carbocycles. The number of benzene rings is 3. The Morgan fingerprint density at radius 3 is 2.22 bits per heavy atom. The van der Waals surface area contributed by atoms with E-state index >= 15 is 4.39 Å². The zero-order valence-electron chi connectivity index (χ0n) is 34.8. The number of hydrogen-bond acceptors (Lipinski definition) is 11. The van der Waals surface area contributed by atoms with Gasteiger partial charge in [-0.3, -0.25) is 53.6 Å². The second kappa shape index (κ2) is 16.4. The summed E-state index contributed by atoms with van der Waals surface area (Å²) in [5.41, 5.74) is 2.46. The zero-order chi connectivity index (χ0) is 43.5. The summed E-state index contributed by atoms with van der Waals surface area (Å²) in [6.45, 7) is 7.84. The Morgan fingerprint density at radius 1 is 0.762 bits per heavy atom. The molecule has 326 valence electrons. The average molecular weight is 858 g/mol. The Bertz CT molecular complexity index is 2610. The summed E-state index contributed by atoms with van der Waals surface area (Å²) in [5.74, 6) is -2.48. The third-order valence-electron chi connectivity index (χ3n) is 13.9. The molecule has 0 saturated carbocycles. The summed E-state index contributed by atoms with van der Waals surface area (Å²) in [7, 11) is 0. The number of carbonyl (C=O) groups excluding carboxylic acids is 6. The minimum atomic E-state index is -0.983. The van der Waals surface area contributed by atoms with E-state index in [1.807, 2.05) is 23.1 Å². The summed E-state index contributed by atoms with van der Waals surface area (Å²) in [5, 5.41) is 10.2. The molecule has 6 aliphatic rings. The first-order valence-electron chi connectivity index (χ1n) is 21.9. The molecule has 63 heavy (non-hydrogen) atoms. The predicted molar refractivity (Wildman–Crippen MR) is 227 cm³/mol. The van der Waals surface area contributed by atoms with Crippen molar-refractivity contribution in [1.82, 2.24) is 40.0 Å². The van der Waals surface area contributed by atoms with Gasteiger partial charge in [0.05, 0.1) is 27.8 Å². The first-order chi connectivity index (χ1) is 30.5. The maximum Gasteiger partial charge on any atom is 0.272 e. The Balaban J connectivity index is 0.648. The summed E-state index contributed by atoms with van der Waals surface area (Å²) in [4.78, 5) is 101. The smallest absolute Gasteiger partial charge is 0.272 e. The molecular weight excluding hydrogens is 810 g/mol. The molecule has 5 saturated heterocycles. The Hall–Kier alpha value is -6.33. The second-order valence-electron chi connectivity index (χ2n) is 17.8. The summed E-state index contributed by atoms with van der Waals surface area (Å²) >= 11 is 0. The van der Waals surface area contributed by atoms with Crippen molar-refractivity contribution in [3.63, 3.8) is 0 Å². The highest BCUT2D eigenvalue weighted by atomic mass is 19.1. The normalized spacial score (nSPS) is 21.8. The van der Waals surface area contributed by atoms with Crippen molar-refractivity contribution in [3.05, 3.63) is 105 Å². The molecule has 0 spiro atoms. The van der Waals surface area contributed by atoms with Crippen LogP contribution in [0, 0.1) is 17.7 Å². The van der Waals surface area contributed by atoms with Crippen molar-refractivity contribution in [3.8, 4) is 0 Å². The molecular formula is C46H48FN9O7. The molecule has 1 aromatic heterocycles. The van der Waals surface area contributed by atoms with Crippen LogP contribution in [0.25, 0.3) is 10.8 Å². The van der Waals surface area contributed by atoms with Crippen molar-refractivity contribution >= 4 is 51.9 Å². The lowest BCUT2D eigenvalue weighted by Crippen LogP contribution is -2.63. The molecule has 0 bridgehead atoms. The zero-order valence-corrected chi connectivity index (χ0v) is 34.8. The fraction of sp³-hybridized carbons (Fsp3) is 0.435. The first kappa shape index (κ1) is 40.7. The number of fused-ring (bicyclic) bond motifs is 2. The van der Waals surface area contributed by atoms with Crippen LogP contribution in [0.1, 0.15) is 68.0 Å². The molecule has 6 aliphatic heterocycles. The van der Waals surface area contributed by atoms with Crippen molar-refractivity contribution < 1.29 is 33.2 Å². The number of aromatic nitrogens is 2. The van der Waals surface area contributed by atoms with Crippen LogP contribution in [-0.2, 0) is 20.8 Å². The van der Waals surface area contributed by atoms with Crippen LogP contribution in [0.5, 0.6) is 0 Å². The van der Waals surface area contributed by atoms with Crippen LogP contribution in [0.3, 0.4) is 0 Å². The van der Waals surface area contributed by atoms with E-state index in [9.17, 15) is 33.6 Å². The van der Waals surface area contributed by atoms with Gasteiger partial charge >= 0.3 is 0 Å². The van der Waals surface area contributed by atoms with Gasteiger partial charge in [0.2, 0.25) is 17.7 Å². The number of hydrogen-bond donors (Lipinski definition) is 2. The molecule has 0 aliphatic carbocycles. The molecule has 17 heteroatoms. The third kappa shape index (κ3) is 7.66. The lowest BCUT2D eigenvalue weighted by molar-refractivity contribution is -0.139. The number of imide groups is 2. The summed E-state index contributed by atoms with van der Waals surface area (Å²) < 4.78 is 15.1. The molecule has 4 aromatic rings. The number of rotatable bonds is 9. The molecule has 10 rings (SSSR count). The average Bonchev–Trinajstić information content (AvgIpc) is 3.51. The molecule has 7 heterocycles. The van der Waals surface area contributed by atoms with E-state index in [2.05, 4.69) is 30.2 Å². The van der Waals surface area contributed by atoms with E-state index in [1.165, 1.54) is 6.07 Å². The maximum absolute atomic E-state index is 15.1. The van der Waals surface area contributed by atoms with Crippen LogP contribution < -0.4 is 15.8 Å². The van der Waals surface area contributed by atoms with Gasteiger partial charge in [0, 0.05) is 101 Å². The third-order valence-corrected chi connectivity index (χ3v) is 13.9. The van der Waals surface area contributed by atoms with Crippen molar-refractivity contribution in [2.24, 2.45) is 11.8 Å². The SMILES string of the molecule is O=C1CCC(N2C(=O)c3ccc(N4CC(CN5CC(N6CCC(C(=O)N7CCN(C(=O)c8cc(Cc9n[nH]c(=O)c%10ccccc9%10)ccc8F)CC7)CC6)C5)C4)cc3C2=O)C(=O)N1. The molecule has 16 nitrogen and oxygen atoms in total. The van der Waals surface area contributed by atoms with Crippen LogP contribution in [0.2, 0.25) is 0 Å². The molecule has 1 unspecified atom stereocenters. The van der Waals surface area contributed by atoms with E-state index in [1.54, 1.807) is 41.3 Å². The second-order valence-corrected chi connectivity index (χ2v) is 17.8. The van der Waals surface area contributed by atoms with E-state index < -0.39 is 41.4 Å². The standard InChI is InChI=1S/C46H48FN9O7/c47-37-8-5-27(20-38-32-3-1-2-4-33(32)41(58)50-49-38)19-36(37)44(61)54-17-15-53(16-18-54)43(60)29-11-13-52(14-12-29)31-25-51(26-31)22-28-23-55(24-28)30-6-7-34-35(21-30)46(63)56(45(34)62)39-9-10-40(57)48-42(39)59/h1-8,19,21,28-29,31,39H,9-18,20,22-26H2,(H,50,58)(H,48,57,59). The number of piperazine rings is 1. The number of piperidine rings is 2. The molecule has 1 atom stereocenters. The topological polar surface area (TPSA) is 180 Å². The number of halogens is 1. The number of aromatic amines is 1. The Morgan fingerprint density at radius 2 is 1.48 bits per heavy atom. The Kier molecular flexibility index (Phi) is 10.6. The van der Waals surface area contributed by atoms with Gasteiger partial charge < -0.3 is 14.7 Å². The highest BCUT2D eigenvalue weighted by Gasteiger charge is 2.45. The number of nitrogens with one attached hydrogen (secondary N) is 2. The minimum absolute atomic E-state index is 0.0197. The highest BCUT2D eigenvalue weighted by Crippen LogP contribution is 2.34. The number of likely N-dealkylation sites (tertiary alicyclic amines) is 2. The van der Waals surface area contributed by atoms with Crippen molar-refractivity contribution in [2.45, 2.75) is 44.2 Å². The van der Waals surface area contributed by atoms with E-state index in [0.717, 1.165) is 69.2 Å². The number of H-pyrrole nitrogens is 1. The lowest BCUT2D eigenvalue weighted by atomic mass is 9.91. The first-order valence-corrected chi connectivity index (χ1v) is 21.9. The monoisotopic (exact) mass is 857 g/mol. The fourth-order valence-electron chi connectivity index (χ4n) is 10.3. The van der Waals surface area contributed by atoms with Crippen LogP contribution in [0.15, 0.2) is 65.5 Å². The minimum Gasteiger partial charge on any atom is -0.371 e. The van der Waals surface area contributed by atoms with Crippen LogP contribution in [-0.4, -0.2) is 154 Å². The number of anilines is 1. The summed E-state index contributed by atoms with van der Waals surface area (Å²) in [6, 6.07) is 16.4. The van der Waals surface area contributed by atoms with Gasteiger partial charge in [-0.2, -0.15) is 5.10 Å². The van der Waals surface area contributed by atoms with E-state index in [4.69, 9.17) is 0 Å². The van der Waals surface area contributed by atoms with Gasteiger partial charge in [-0.05, 0) is 74.3 Å². The van der Waals surface area contributed by atoms with E-state index in [0.29, 0.717) is 72.2 Å². The van der Waals surface area contributed by atoms with Crippen LogP contribution >= 0.6 is 0 Å². The largest absolute Gasteiger partial charge is 0.371 e. The van der Waals surface area contributed by atoms with Crippen LogP contribution in [0.4, 0.5) is 10.1 Å². The van der Waals surface area contributed by atoms with Crippen molar-refractivity contribution in [2.75, 3.05) is 76.9 Å². The number of amides is 6. The van der Waals surface area contributed by atoms with E-state index in [-0.39, 0.29) is 41.4 Å². The predicted octanol–water partition coefficient (Wildman–Crippen LogP) is 1.87. The maximum atomic E-state index is 15.1. The molecule has 0 radical (unpaired) electrons. The van der Waals surface area contributed by atoms with Crippen molar-refractivity contribution in [1.29, 1.82) is 0 Å². The molecule has 2 N–H and O–H groups in total. The van der Waals surface area contributed by atoms with Gasteiger partial charge in [-0.15, -0.1) is 0 Å². The van der Waals surface area contributed by atoms with Gasteiger partial charge in [-0.1, -0.05) is 24.3 Å².